The lowest BCUT2D eigenvalue weighted by Crippen LogP contribution is -2.49. The van der Waals surface area contributed by atoms with Gasteiger partial charge in [0.15, 0.2) is 0 Å². The molecule has 0 unspecified atom stereocenters. The van der Waals surface area contributed by atoms with Gasteiger partial charge in [-0.05, 0) is 12.3 Å². The molecule has 1 rings (SSSR count). The first-order chi connectivity index (χ1) is 9.88. The molecule has 6 nitrogen and oxygen atoms in total. The molecular weight excluding hydrogens is 290 g/mol. The van der Waals surface area contributed by atoms with Crippen LogP contribution in [-0.4, -0.2) is 42.1 Å². The van der Waals surface area contributed by atoms with Crippen LogP contribution in [0.3, 0.4) is 0 Å². The van der Waals surface area contributed by atoms with E-state index >= 15 is 0 Å². The number of urea groups is 1. The van der Waals surface area contributed by atoms with Gasteiger partial charge in [0.25, 0.3) is 0 Å². The van der Waals surface area contributed by atoms with Crippen LogP contribution in [0, 0.1) is 5.92 Å². The SMILES string of the molecule is CCc1nc(CN(C)C(=O)N[C@H](C(=O)OC)C(C)C)cs1. The van der Waals surface area contributed by atoms with Crippen LogP contribution in [0.2, 0.25) is 0 Å². The van der Waals surface area contributed by atoms with Crippen molar-refractivity contribution in [2.45, 2.75) is 39.8 Å². The number of esters is 1. The van der Waals surface area contributed by atoms with Gasteiger partial charge in [-0.15, -0.1) is 11.3 Å². The minimum absolute atomic E-state index is 0.0410. The van der Waals surface area contributed by atoms with Gasteiger partial charge in [0, 0.05) is 12.4 Å². The molecular formula is C14H23N3O3S. The van der Waals surface area contributed by atoms with E-state index in [1.165, 1.54) is 12.0 Å². The second-order valence-corrected chi connectivity index (χ2v) is 6.08. The number of aromatic nitrogens is 1. The van der Waals surface area contributed by atoms with Crippen LogP contribution in [0.15, 0.2) is 5.38 Å². The third-order valence-electron chi connectivity index (χ3n) is 3.05. The van der Waals surface area contributed by atoms with E-state index in [0.29, 0.717) is 6.54 Å². The monoisotopic (exact) mass is 313 g/mol. The summed E-state index contributed by atoms with van der Waals surface area (Å²) in [7, 11) is 2.99. The summed E-state index contributed by atoms with van der Waals surface area (Å²) in [6, 6.07) is -0.961. The van der Waals surface area contributed by atoms with Crippen molar-refractivity contribution in [3.63, 3.8) is 0 Å². The molecule has 0 aliphatic rings. The Hall–Kier alpha value is -1.63. The minimum atomic E-state index is -0.647. The van der Waals surface area contributed by atoms with E-state index in [-0.39, 0.29) is 11.9 Å². The highest BCUT2D eigenvalue weighted by Gasteiger charge is 2.26. The molecule has 1 N–H and O–H groups in total. The highest BCUT2D eigenvalue weighted by atomic mass is 32.1. The standard InChI is InChI=1S/C14H23N3O3S/c1-6-11-15-10(8-21-11)7-17(4)14(19)16-12(9(2)3)13(18)20-5/h8-9,12H,6-7H2,1-5H3,(H,16,19)/t12-/m0/s1. The first kappa shape index (κ1) is 17.4. The van der Waals surface area contributed by atoms with Crippen molar-refractivity contribution in [2.24, 2.45) is 5.92 Å². The van der Waals surface area contributed by atoms with Crippen molar-refractivity contribution < 1.29 is 14.3 Å². The molecule has 7 heteroatoms. The summed E-state index contributed by atoms with van der Waals surface area (Å²) in [5, 5.41) is 5.69. The summed E-state index contributed by atoms with van der Waals surface area (Å²) >= 11 is 1.59. The number of nitrogens with one attached hydrogen (secondary N) is 1. The number of methoxy groups -OCH3 is 1. The highest BCUT2D eigenvalue weighted by molar-refractivity contribution is 7.09. The van der Waals surface area contributed by atoms with E-state index in [0.717, 1.165) is 17.1 Å². The molecule has 0 saturated carbocycles. The molecule has 0 aromatic carbocycles. The number of hydrogen-bond donors (Lipinski definition) is 1. The van der Waals surface area contributed by atoms with Crippen molar-refractivity contribution >= 4 is 23.3 Å². The first-order valence-electron chi connectivity index (χ1n) is 6.91. The fourth-order valence-electron chi connectivity index (χ4n) is 1.77. The summed E-state index contributed by atoms with van der Waals surface area (Å²) in [6.45, 7) is 6.17. The van der Waals surface area contributed by atoms with E-state index in [1.54, 1.807) is 18.4 Å². The zero-order valence-electron chi connectivity index (χ0n) is 13.2. The smallest absolute Gasteiger partial charge is 0.328 e. The van der Waals surface area contributed by atoms with Gasteiger partial charge in [-0.2, -0.15) is 0 Å². The van der Waals surface area contributed by atoms with Gasteiger partial charge in [-0.3, -0.25) is 0 Å². The van der Waals surface area contributed by atoms with Crippen molar-refractivity contribution in [3.05, 3.63) is 16.1 Å². The molecule has 0 saturated heterocycles. The van der Waals surface area contributed by atoms with Gasteiger partial charge >= 0.3 is 12.0 Å². The van der Waals surface area contributed by atoms with Crippen LogP contribution in [0.25, 0.3) is 0 Å². The number of nitrogens with zero attached hydrogens (tertiary/aromatic N) is 2. The Morgan fingerprint density at radius 3 is 2.62 bits per heavy atom. The number of aryl methyl sites for hydroxylation is 1. The Labute approximate surface area is 129 Å². The van der Waals surface area contributed by atoms with Crippen molar-refractivity contribution in [2.75, 3.05) is 14.2 Å². The number of thiazole rings is 1. The second-order valence-electron chi connectivity index (χ2n) is 5.14. The first-order valence-corrected chi connectivity index (χ1v) is 7.79. The van der Waals surface area contributed by atoms with E-state index in [9.17, 15) is 9.59 Å². The van der Waals surface area contributed by atoms with E-state index in [1.807, 2.05) is 26.2 Å². The maximum absolute atomic E-state index is 12.1. The molecule has 1 heterocycles. The number of amides is 2. The van der Waals surface area contributed by atoms with Crippen LogP contribution >= 0.6 is 11.3 Å². The van der Waals surface area contributed by atoms with Crippen LogP contribution < -0.4 is 5.32 Å². The third-order valence-corrected chi connectivity index (χ3v) is 4.09. The zero-order valence-corrected chi connectivity index (χ0v) is 14.0. The van der Waals surface area contributed by atoms with Crippen molar-refractivity contribution in [1.82, 2.24) is 15.2 Å². The Bertz CT molecular complexity index is 488. The largest absolute Gasteiger partial charge is 0.467 e. The van der Waals surface area contributed by atoms with Crippen LogP contribution in [0.1, 0.15) is 31.5 Å². The molecule has 0 aliphatic carbocycles. The quantitative estimate of drug-likeness (QED) is 0.816. The minimum Gasteiger partial charge on any atom is -0.467 e. The maximum atomic E-state index is 12.1. The Balaban J connectivity index is 2.62. The van der Waals surface area contributed by atoms with Gasteiger partial charge in [-0.1, -0.05) is 20.8 Å². The molecule has 0 aliphatic heterocycles. The summed E-state index contributed by atoms with van der Waals surface area (Å²) in [5.74, 6) is -0.477. The average molecular weight is 313 g/mol. The number of hydrogen-bond acceptors (Lipinski definition) is 5. The van der Waals surface area contributed by atoms with E-state index in [4.69, 9.17) is 4.74 Å². The maximum Gasteiger partial charge on any atom is 0.328 e. The van der Waals surface area contributed by atoms with Crippen LogP contribution in [0.5, 0.6) is 0 Å². The van der Waals surface area contributed by atoms with E-state index in [2.05, 4.69) is 10.3 Å². The Morgan fingerprint density at radius 2 is 2.14 bits per heavy atom. The number of carbonyl (C=O) groups is 2. The molecule has 118 valence electrons. The van der Waals surface area contributed by atoms with Gasteiger partial charge in [0.05, 0.1) is 24.4 Å². The number of carbonyl (C=O) groups excluding carboxylic acids is 2. The normalized spacial score (nSPS) is 12.1. The molecule has 1 atom stereocenters. The number of rotatable bonds is 6. The molecule has 0 radical (unpaired) electrons. The van der Waals surface area contributed by atoms with Crippen molar-refractivity contribution in [1.29, 1.82) is 0 Å². The fourth-order valence-corrected chi connectivity index (χ4v) is 2.50. The van der Waals surface area contributed by atoms with Gasteiger partial charge in [0.1, 0.15) is 6.04 Å². The summed E-state index contributed by atoms with van der Waals surface area (Å²) in [4.78, 5) is 29.7. The lowest BCUT2D eigenvalue weighted by atomic mass is 10.1. The Kier molecular flexibility index (Phi) is 6.61. The van der Waals surface area contributed by atoms with Crippen molar-refractivity contribution in [3.8, 4) is 0 Å². The van der Waals surface area contributed by atoms with Gasteiger partial charge in [-0.25, -0.2) is 14.6 Å². The molecule has 1 aromatic rings. The van der Waals surface area contributed by atoms with Crippen LogP contribution in [0.4, 0.5) is 4.79 Å². The molecule has 0 spiro atoms. The summed E-state index contributed by atoms with van der Waals surface area (Å²) < 4.78 is 4.71. The van der Waals surface area contributed by atoms with Crippen LogP contribution in [-0.2, 0) is 22.5 Å². The predicted octanol–water partition coefficient (Wildman–Crippen LogP) is 2.04. The number of ether oxygens (including phenoxy) is 1. The third kappa shape index (κ3) is 5.00. The molecule has 0 fully saturated rings. The molecule has 1 aromatic heterocycles. The Morgan fingerprint density at radius 1 is 1.48 bits per heavy atom. The zero-order chi connectivity index (χ0) is 16.0. The highest BCUT2D eigenvalue weighted by Crippen LogP contribution is 2.12. The lowest BCUT2D eigenvalue weighted by Gasteiger charge is -2.23. The van der Waals surface area contributed by atoms with Gasteiger partial charge < -0.3 is 15.0 Å². The molecule has 0 bridgehead atoms. The summed E-state index contributed by atoms with van der Waals surface area (Å²) in [6.07, 6.45) is 0.887. The average Bonchev–Trinajstić information content (AvgIpc) is 2.90. The second kappa shape index (κ2) is 7.97. The van der Waals surface area contributed by atoms with Gasteiger partial charge in [0.2, 0.25) is 0 Å². The summed E-state index contributed by atoms with van der Waals surface area (Å²) in [5.41, 5.74) is 0.855. The van der Waals surface area contributed by atoms with E-state index < -0.39 is 12.0 Å². The fraction of sp³-hybridized carbons (Fsp3) is 0.643. The lowest BCUT2D eigenvalue weighted by molar-refractivity contribution is -0.144. The molecule has 2 amide bonds. The topological polar surface area (TPSA) is 71.5 Å². The molecule has 21 heavy (non-hydrogen) atoms. The predicted molar refractivity (Wildman–Crippen MR) is 82.1 cm³/mol.